The number of carboxylic acids is 1. The molecule has 1 atom stereocenters. The SMILES string of the molecule is N#CCC1(C(=O)N[C@@H](Cc2ccc(NC(=O)c3c(Cl)cccc3Cl)cc2)C(=O)O)CCCC1. The van der Waals surface area contributed by atoms with Gasteiger partial charge < -0.3 is 15.7 Å². The second kappa shape index (κ2) is 10.7. The Hall–Kier alpha value is -3.08. The van der Waals surface area contributed by atoms with E-state index in [1.54, 1.807) is 42.5 Å². The maximum absolute atomic E-state index is 12.8. The fraction of sp³-hybridized carbons (Fsp3) is 0.333. The van der Waals surface area contributed by atoms with Crippen molar-refractivity contribution in [2.45, 2.75) is 44.6 Å². The Kier molecular flexibility index (Phi) is 7.96. The highest BCUT2D eigenvalue weighted by Crippen LogP contribution is 2.41. The van der Waals surface area contributed by atoms with Crippen LogP contribution in [0.1, 0.15) is 48.0 Å². The quantitative estimate of drug-likeness (QED) is 0.492. The molecule has 172 valence electrons. The number of hydrogen-bond acceptors (Lipinski definition) is 4. The van der Waals surface area contributed by atoms with Crippen LogP contribution < -0.4 is 10.6 Å². The van der Waals surface area contributed by atoms with Crippen LogP contribution in [-0.2, 0) is 16.0 Å². The van der Waals surface area contributed by atoms with E-state index < -0.39 is 23.3 Å². The molecule has 0 radical (unpaired) electrons. The molecule has 1 aliphatic carbocycles. The third kappa shape index (κ3) is 5.84. The van der Waals surface area contributed by atoms with Crippen LogP contribution >= 0.6 is 23.2 Å². The van der Waals surface area contributed by atoms with Gasteiger partial charge in [0.25, 0.3) is 5.91 Å². The predicted octanol–water partition coefficient (Wildman–Crippen LogP) is 4.83. The standard InChI is InChI=1S/C24H23Cl2N3O4/c25-17-4-3-5-18(26)20(17)21(30)28-16-8-6-15(7-9-16)14-19(22(31)32)29-23(33)24(12-13-27)10-1-2-11-24/h3-9,19H,1-2,10-12,14H2,(H,28,30)(H,29,33)(H,31,32)/t19-/m0/s1. The molecule has 2 amide bonds. The van der Waals surface area contributed by atoms with Crippen LogP contribution in [0, 0.1) is 16.7 Å². The molecule has 1 aliphatic rings. The zero-order chi connectivity index (χ0) is 24.0. The third-order valence-electron chi connectivity index (χ3n) is 5.90. The second-order valence-corrected chi connectivity index (χ2v) is 8.95. The summed E-state index contributed by atoms with van der Waals surface area (Å²) in [5.41, 5.74) is 0.500. The van der Waals surface area contributed by atoms with Crippen LogP contribution in [0.15, 0.2) is 42.5 Å². The Morgan fingerprint density at radius 1 is 1.06 bits per heavy atom. The van der Waals surface area contributed by atoms with Gasteiger partial charge in [0.2, 0.25) is 5.91 Å². The molecule has 2 aromatic rings. The van der Waals surface area contributed by atoms with Gasteiger partial charge in [-0.1, -0.05) is 54.2 Å². The van der Waals surface area contributed by atoms with E-state index in [-0.39, 0.29) is 34.4 Å². The van der Waals surface area contributed by atoms with Crippen LogP contribution in [0.2, 0.25) is 10.0 Å². The van der Waals surface area contributed by atoms with Gasteiger partial charge in [-0.05, 0) is 42.7 Å². The number of anilines is 1. The molecule has 1 saturated carbocycles. The summed E-state index contributed by atoms with van der Waals surface area (Å²) in [6.07, 6.45) is 3.01. The zero-order valence-corrected chi connectivity index (χ0v) is 19.2. The number of benzene rings is 2. The Bertz CT molecular complexity index is 1070. The predicted molar refractivity (Wildman–Crippen MR) is 125 cm³/mol. The molecule has 0 aliphatic heterocycles. The molecule has 33 heavy (non-hydrogen) atoms. The number of amides is 2. The van der Waals surface area contributed by atoms with Crippen molar-refractivity contribution < 1.29 is 19.5 Å². The van der Waals surface area contributed by atoms with Gasteiger partial charge in [-0.2, -0.15) is 5.26 Å². The Balaban J connectivity index is 1.67. The first kappa shape index (κ1) is 24.6. The summed E-state index contributed by atoms with van der Waals surface area (Å²) in [6, 6.07) is 12.3. The highest BCUT2D eigenvalue weighted by atomic mass is 35.5. The lowest BCUT2D eigenvalue weighted by Gasteiger charge is -2.27. The van der Waals surface area contributed by atoms with Crippen molar-refractivity contribution in [3.05, 3.63) is 63.6 Å². The number of rotatable bonds is 8. The Morgan fingerprint density at radius 2 is 1.67 bits per heavy atom. The minimum absolute atomic E-state index is 0.0638. The van der Waals surface area contributed by atoms with Gasteiger partial charge >= 0.3 is 5.97 Å². The number of carbonyl (C=O) groups is 3. The molecule has 0 spiro atoms. The van der Waals surface area contributed by atoms with E-state index in [1.165, 1.54) is 0 Å². The van der Waals surface area contributed by atoms with Gasteiger partial charge in [0.15, 0.2) is 0 Å². The molecule has 3 N–H and O–H groups in total. The van der Waals surface area contributed by atoms with E-state index >= 15 is 0 Å². The van der Waals surface area contributed by atoms with Crippen molar-refractivity contribution in [3.63, 3.8) is 0 Å². The van der Waals surface area contributed by atoms with Gasteiger partial charge in [0.1, 0.15) is 6.04 Å². The first-order valence-corrected chi connectivity index (χ1v) is 11.3. The van der Waals surface area contributed by atoms with Gasteiger partial charge in [0, 0.05) is 18.5 Å². The molecule has 0 unspecified atom stereocenters. The normalized spacial score (nSPS) is 15.3. The van der Waals surface area contributed by atoms with Crippen LogP contribution in [0.4, 0.5) is 5.69 Å². The summed E-state index contributed by atoms with van der Waals surface area (Å²) >= 11 is 12.1. The lowest BCUT2D eigenvalue weighted by atomic mass is 9.82. The Morgan fingerprint density at radius 3 is 2.21 bits per heavy atom. The monoisotopic (exact) mass is 487 g/mol. The number of hydrogen-bond donors (Lipinski definition) is 3. The fourth-order valence-electron chi connectivity index (χ4n) is 4.07. The van der Waals surface area contributed by atoms with Gasteiger partial charge in [-0.15, -0.1) is 0 Å². The molecule has 0 aromatic heterocycles. The first-order valence-electron chi connectivity index (χ1n) is 10.5. The lowest BCUT2D eigenvalue weighted by Crippen LogP contribution is -2.48. The largest absolute Gasteiger partial charge is 0.480 e. The van der Waals surface area contributed by atoms with Gasteiger partial charge in [0.05, 0.1) is 27.1 Å². The lowest BCUT2D eigenvalue weighted by molar-refractivity contribution is -0.143. The van der Waals surface area contributed by atoms with Crippen LogP contribution in [-0.4, -0.2) is 28.9 Å². The molecule has 1 fully saturated rings. The number of nitrogens with one attached hydrogen (secondary N) is 2. The first-order chi connectivity index (χ1) is 15.8. The molecule has 0 saturated heterocycles. The highest BCUT2D eigenvalue weighted by Gasteiger charge is 2.42. The molecule has 0 bridgehead atoms. The van der Waals surface area contributed by atoms with E-state index in [0.717, 1.165) is 12.8 Å². The van der Waals surface area contributed by atoms with Crippen molar-refractivity contribution >= 4 is 46.7 Å². The van der Waals surface area contributed by atoms with Crippen molar-refractivity contribution in [2.24, 2.45) is 5.41 Å². The summed E-state index contributed by atoms with van der Waals surface area (Å²) in [4.78, 5) is 37.1. The van der Waals surface area contributed by atoms with Crippen molar-refractivity contribution in [3.8, 4) is 6.07 Å². The third-order valence-corrected chi connectivity index (χ3v) is 6.53. The summed E-state index contributed by atoms with van der Waals surface area (Å²) in [5, 5.41) is 24.5. The maximum Gasteiger partial charge on any atom is 0.326 e. The van der Waals surface area contributed by atoms with Crippen LogP contribution in [0.3, 0.4) is 0 Å². The Labute approximate surface area is 201 Å². The molecule has 3 rings (SSSR count). The van der Waals surface area contributed by atoms with E-state index in [9.17, 15) is 19.5 Å². The zero-order valence-electron chi connectivity index (χ0n) is 17.7. The van der Waals surface area contributed by atoms with Gasteiger partial charge in [-0.3, -0.25) is 9.59 Å². The van der Waals surface area contributed by atoms with Crippen molar-refractivity contribution in [2.75, 3.05) is 5.32 Å². The summed E-state index contributed by atoms with van der Waals surface area (Å²) in [6.45, 7) is 0. The second-order valence-electron chi connectivity index (χ2n) is 8.14. The number of nitrogens with zero attached hydrogens (tertiary/aromatic N) is 1. The molecular formula is C24H23Cl2N3O4. The average Bonchev–Trinajstić information content (AvgIpc) is 3.24. The molecule has 2 aromatic carbocycles. The number of carbonyl (C=O) groups excluding carboxylic acids is 2. The fourth-order valence-corrected chi connectivity index (χ4v) is 4.64. The smallest absolute Gasteiger partial charge is 0.326 e. The van der Waals surface area contributed by atoms with Gasteiger partial charge in [-0.25, -0.2) is 4.79 Å². The average molecular weight is 488 g/mol. The minimum Gasteiger partial charge on any atom is -0.480 e. The number of aliphatic carboxylic acids is 1. The molecule has 9 heteroatoms. The number of carboxylic acid groups (broad SMARTS) is 1. The van der Waals surface area contributed by atoms with E-state index in [4.69, 9.17) is 28.5 Å². The molecular weight excluding hydrogens is 465 g/mol. The van der Waals surface area contributed by atoms with Crippen molar-refractivity contribution in [1.29, 1.82) is 5.26 Å². The maximum atomic E-state index is 12.8. The molecule has 7 nitrogen and oxygen atoms in total. The number of halogens is 2. The highest BCUT2D eigenvalue weighted by molar-refractivity contribution is 6.40. The minimum atomic E-state index is -1.15. The topological polar surface area (TPSA) is 119 Å². The van der Waals surface area contributed by atoms with Crippen LogP contribution in [0.5, 0.6) is 0 Å². The molecule has 0 heterocycles. The summed E-state index contributed by atoms with van der Waals surface area (Å²) in [7, 11) is 0. The summed E-state index contributed by atoms with van der Waals surface area (Å²) < 4.78 is 0. The van der Waals surface area contributed by atoms with Crippen LogP contribution in [0.25, 0.3) is 0 Å². The van der Waals surface area contributed by atoms with E-state index in [0.29, 0.717) is 24.1 Å². The van der Waals surface area contributed by atoms with E-state index in [1.807, 2.05) is 0 Å². The van der Waals surface area contributed by atoms with Crippen molar-refractivity contribution in [1.82, 2.24) is 5.32 Å². The number of nitriles is 1. The summed E-state index contributed by atoms with van der Waals surface area (Å²) in [5.74, 6) is -2.00. The van der Waals surface area contributed by atoms with E-state index in [2.05, 4.69) is 16.7 Å².